The van der Waals surface area contributed by atoms with Crippen molar-refractivity contribution >= 4 is 5.95 Å². The number of anilines is 1. The molecule has 0 atom stereocenters. The van der Waals surface area contributed by atoms with Gasteiger partial charge in [-0.3, -0.25) is 4.90 Å². The Balaban J connectivity index is 1.44. The minimum atomic E-state index is 0.797. The van der Waals surface area contributed by atoms with E-state index in [0.29, 0.717) is 0 Å². The van der Waals surface area contributed by atoms with Crippen molar-refractivity contribution in [3.05, 3.63) is 46.8 Å². The lowest BCUT2D eigenvalue weighted by molar-refractivity contribution is 0.246. The molecule has 0 spiro atoms. The summed E-state index contributed by atoms with van der Waals surface area (Å²) >= 11 is 0. The Labute approximate surface area is 152 Å². The summed E-state index contributed by atoms with van der Waals surface area (Å²) in [6, 6.07) is 8.23. The zero-order valence-corrected chi connectivity index (χ0v) is 15.4. The first-order valence-corrected chi connectivity index (χ1v) is 8.86. The number of tetrazole rings is 1. The quantitative estimate of drug-likeness (QED) is 0.709. The number of aromatic nitrogens is 5. The van der Waals surface area contributed by atoms with Crippen molar-refractivity contribution in [2.75, 3.05) is 31.1 Å². The molecule has 1 aromatic carbocycles. The zero-order chi connectivity index (χ0) is 18.1. The largest absolute Gasteiger partial charge is 0.361 e. The maximum Gasteiger partial charge on any atom is 0.250 e. The molecule has 0 radical (unpaired) electrons. The van der Waals surface area contributed by atoms with E-state index in [0.717, 1.165) is 55.8 Å². The number of aryl methyl sites for hydroxylation is 3. The molecule has 0 unspecified atom stereocenters. The second-order valence-corrected chi connectivity index (χ2v) is 6.79. The number of rotatable bonds is 4. The first-order valence-electron chi connectivity index (χ1n) is 8.86. The highest BCUT2D eigenvalue weighted by molar-refractivity contribution is 5.42. The molecule has 4 rings (SSSR count). The summed E-state index contributed by atoms with van der Waals surface area (Å²) in [5.41, 5.74) is 4.38. The van der Waals surface area contributed by atoms with E-state index in [2.05, 4.69) is 49.5 Å². The summed E-state index contributed by atoms with van der Waals surface area (Å²) in [7, 11) is 0. The van der Waals surface area contributed by atoms with Crippen LogP contribution in [-0.4, -0.2) is 56.4 Å². The third-order valence-electron chi connectivity index (χ3n) is 4.95. The fourth-order valence-corrected chi connectivity index (χ4v) is 3.29. The summed E-state index contributed by atoms with van der Waals surface area (Å²) < 4.78 is 7.08. The van der Waals surface area contributed by atoms with Crippen molar-refractivity contribution in [2.45, 2.75) is 27.3 Å². The first kappa shape index (κ1) is 16.7. The Kier molecular flexibility index (Phi) is 4.42. The normalized spacial score (nSPS) is 15.6. The molecular weight excluding hydrogens is 330 g/mol. The standard InChI is InChI=1S/C18H23N7O/c1-13-4-6-16(7-5-13)25-18(19-21-22-25)24-10-8-23(9-11-24)12-17-14(2)20-26-15(17)3/h4-7H,8-12H2,1-3H3. The van der Waals surface area contributed by atoms with E-state index < -0.39 is 0 Å². The van der Waals surface area contributed by atoms with Crippen LogP contribution in [0.2, 0.25) is 0 Å². The molecule has 0 N–H and O–H groups in total. The van der Waals surface area contributed by atoms with Crippen molar-refractivity contribution in [3.63, 3.8) is 0 Å². The lowest BCUT2D eigenvalue weighted by atomic mass is 10.2. The van der Waals surface area contributed by atoms with Gasteiger partial charge in [0.25, 0.3) is 0 Å². The zero-order valence-electron chi connectivity index (χ0n) is 15.4. The summed E-state index contributed by atoms with van der Waals surface area (Å²) in [6.07, 6.45) is 0. The van der Waals surface area contributed by atoms with Gasteiger partial charge in [0.05, 0.1) is 11.4 Å². The van der Waals surface area contributed by atoms with Crippen molar-refractivity contribution in [2.24, 2.45) is 0 Å². The Morgan fingerprint density at radius 1 is 1.00 bits per heavy atom. The highest BCUT2D eigenvalue weighted by Crippen LogP contribution is 2.20. The van der Waals surface area contributed by atoms with Crippen molar-refractivity contribution in [3.8, 4) is 5.69 Å². The van der Waals surface area contributed by atoms with Crippen LogP contribution in [0, 0.1) is 20.8 Å². The number of nitrogens with zero attached hydrogens (tertiary/aromatic N) is 7. The molecule has 1 aliphatic rings. The summed E-state index contributed by atoms with van der Waals surface area (Å²) in [4.78, 5) is 4.66. The molecular formula is C18H23N7O. The number of benzene rings is 1. The fourth-order valence-electron chi connectivity index (χ4n) is 3.29. The predicted octanol–water partition coefficient (Wildman–Crippen LogP) is 1.90. The molecule has 136 valence electrons. The number of hydrogen-bond donors (Lipinski definition) is 0. The summed E-state index contributed by atoms with van der Waals surface area (Å²) in [6.45, 7) is 10.6. The molecule has 8 heteroatoms. The van der Waals surface area contributed by atoms with Crippen molar-refractivity contribution < 1.29 is 4.52 Å². The van der Waals surface area contributed by atoms with Gasteiger partial charge in [-0.25, -0.2) is 0 Å². The molecule has 1 aliphatic heterocycles. The molecule has 8 nitrogen and oxygen atoms in total. The Morgan fingerprint density at radius 2 is 1.73 bits per heavy atom. The van der Waals surface area contributed by atoms with E-state index in [-0.39, 0.29) is 0 Å². The molecule has 0 saturated carbocycles. The van der Waals surface area contributed by atoms with E-state index in [1.807, 2.05) is 30.7 Å². The average molecular weight is 353 g/mol. The molecule has 0 aliphatic carbocycles. The predicted molar refractivity (Wildman–Crippen MR) is 97.4 cm³/mol. The van der Waals surface area contributed by atoms with Gasteiger partial charge in [0.15, 0.2) is 0 Å². The second-order valence-electron chi connectivity index (χ2n) is 6.79. The van der Waals surface area contributed by atoms with Crippen molar-refractivity contribution in [1.82, 2.24) is 30.3 Å². The second kappa shape index (κ2) is 6.87. The van der Waals surface area contributed by atoms with Crippen LogP contribution >= 0.6 is 0 Å². The molecule has 3 heterocycles. The molecule has 2 aromatic heterocycles. The highest BCUT2D eigenvalue weighted by Gasteiger charge is 2.23. The van der Waals surface area contributed by atoms with Crippen LogP contribution in [0.15, 0.2) is 28.8 Å². The Hall–Kier alpha value is -2.74. The number of piperazine rings is 1. The van der Waals surface area contributed by atoms with Gasteiger partial charge in [-0.05, 0) is 43.3 Å². The minimum Gasteiger partial charge on any atom is -0.361 e. The van der Waals surface area contributed by atoms with Gasteiger partial charge in [0.2, 0.25) is 5.95 Å². The minimum absolute atomic E-state index is 0.797. The Morgan fingerprint density at radius 3 is 2.38 bits per heavy atom. The first-order chi connectivity index (χ1) is 12.6. The summed E-state index contributed by atoms with van der Waals surface area (Å²) in [5, 5.41) is 16.4. The monoisotopic (exact) mass is 353 g/mol. The molecule has 3 aromatic rings. The third-order valence-corrected chi connectivity index (χ3v) is 4.95. The average Bonchev–Trinajstić information content (AvgIpc) is 3.25. The van der Waals surface area contributed by atoms with Crippen LogP contribution in [-0.2, 0) is 6.54 Å². The van der Waals surface area contributed by atoms with Gasteiger partial charge in [0, 0.05) is 38.3 Å². The van der Waals surface area contributed by atoms with Crippen LogP contribution in [0.4, 0.5) is 5.95 Å². The van der Waals surface area contributed by atoms with E-state index >= 15 is 0 Å². The third kappa shape index (κ3) is 3.20. The lowest BCUT2D eigenvalue weighted by Crippen LogP contribution is -2.47. The van der Waals surface area contributed by atoms with Gasteiger partial charge >= 0.3 is 0 Å². The van der Waals surface area contributed by atoms with E-state index in [4.69, 9.17) is 4.52 Å². The lowest BCUT2D eigenvalue weighted by Gasteiger charge is -2.34. The van der Waals surface area contributed by atoms with E-state index in [1.54, 1.807) is 0 Å². The smallest absolute Gasteiger partial charge is 0.250 e. The van der Waals surface area contributed by atoms with Crippen LogP contribution in [0.5, 0.6) is 0 Å². The maximum absolute atomic E-state index is 5.27. The SMILES string of the molecule is Cc1ccc(-n2nnnc2N2CCN(Cc3c(C)noc3C)CC2)cc1. The molecule has 1 fully saturated rings. The topological polar surface area (TPSA) is 76.1 Å². The van der Waals surface area contributed by atoms with Crippen LogP contribution < -0.4 is 4.90 Å². The van der Waals surface area contributed by atoms with Crippen LogP contribution in [0.25, 0.3) is 5.69 Å². The van der Waals surface area contributed by atoms with Gasteiger partial charge in [-0.1, -0.05) is 28.0 Å². The van der Waals surface area contributed by atoms with Gasteiger partial charge < -0.3 is 9.42 Å². The van der Waals surface area contributed by atoms with Crippen LogP contribution in [0.1, 0.15) is 22.6 Å². The van der Waals surface area contributed by atoms with Gasteiger partial charge in [-0.15, -0.1) is 0 Å². The molecule has 0 bridgehead atoms. The highest BCUT2D eigenvalue weighted by atomic mass is 16.5. The maximum atomic E-state index is 5.27. The van der Waals surface area contributed by atoms with Crippen LogP contribution in [0.3, 0.4) is 0 Å². The molecule has 0 amide bonds. The summed E-state index contributed by atoms with van der Waals surface area (Å²) in [5.74, 6) is 1.71. The van der Waals surface area contributed by atoms with Crippen molar-refractivity contribution in [1.29, 1.82) is 0 Å². The molecule has 1 saturated heterocycles. The molecule has 26 heavy (non-hydrogen) atoms. The number of hydrogen-bond acceptors (Lipinski definition) is 7. The Bertz CT molecular complexity index is 856. The fraction of sp³-hybridized carbons (Fsp3) is 0.444. The van der Waals surface area contributed by atoms with Gasteiger partial charge in [-0.2, -0.15) is 4.68 Å². The van der Waals surface area contributed by atoms with E-state index in [1.165, 1.54) is 11.1 Å². The van der Waals surface area contributed by atoms with Gasteiger partial charge in [0.1, 0.15) is 5.76 Å². The van der Waals surface area contributed by atoms with E-state index in [9.17, 15) is 0 Å².